The zero-order valence-electron chi connectivity index (χ0n) is 15.7. The molecule has 1 atom stereocenters. The maximum absolute atomic E-state index is 12.9. The molecule has 2 saturated heterocycles. The van der Waals surface area contributed by atoms with Crippen molar-refractivity contribution in [2.45, 2.75) is 39.2 Å². The molecule has 1 aromatic rings. The number of nitrogens with zero attached hydrogens (tertiary/aromatic N) is 3. The normalized spacial score (nSPS) is 21.9. The molecule has 1 unspecified atom stereocenters. The van der Waals surface area contributed by atoms with Gasteiger partial charge in [0.15, 0.2) is 5.76 Å². The molecule has 0 aliphatic carbocycles. The number of carbonyl (C=O) groups excluding carboxylic acids is 3. The van der Waals surface area contributed by atoms with Gasteiger partial charge in [0.25, 0.3) is 5.91 Å². The Kier molecular flexibility index (Phi) is 5.07. The van der Waals surface area contributed by atoms with Gasteiger partial charge in [0.1, 0.15) is 0 Å². The summed E-state index contributed by atoms with van der Waals surface area (Å²) in [6, 6.07) is 3.35. The van der Waals surface area contributed by atoms with Crippen molar-refractivity contribution < 1.29 is 18.8 Å². The van der Waals surface area contributed by atoms with Crippen LogP contribution in [-0.2, 0) is 9.59 Å². The van der Waals surface area contributed by atoms with Gasteiger partial charge in [0.05, 0.1) is 12.2 Å². The second-order valence-electron chi connectivity index (χ2n) is 8.02. The van der Waals surface area contributed by atoms with E-state index in [2.05, 4.69) is 0 Å². The molecule has 7 nitrogen and oxygen atoms in total. The predicted octanol–water partition coefficient (Wildman–Crippen LogP) is 1.60. The standard InChI is InChI=1S/C19H27N3O4/c1-19(2,3)22-13-14(12-16(22)23)17(24)20-7-5-8-21(10-9-20)18(25)15-6-4-11-26-15/h4,6,11,14H,5,7-10,12-13H2,1-3H3. The minimum Gasteiger partial charge on any atom is -0.459 e. The van der Waals surface area contributed by atoms with Crippen LogP contribution in [0.2, 0.25) is 0 Å². The molecule has 0 radical (unpaired) electrons. The molecule has 0 spiro atoms. The number of amides is 3. The van der Waals surface area contributed by atoms with Gasteiger partial charge in [0, 0.05) is 44.7 Å². The fraction of sp³-hybridized carbons (Fsp3) is 0.632. The van der Waals surface area contributed by atoms with Gasteiger partial charge in [-0.3, -0.25) is 14.4 Å². The van der Waals surface area contributed by atoms with Crippen LogP contribution < -0.4 is 0 Å². The lowest BCUT2D eigenvalue weighted by molar-refractivity contribution is -0.135. The van der Waals surface area contributed by atoms with Crippen molar-refractivity contribution in [1.29, 1.82) is 0 Å². The topological polar surface area (TPSA) is 74.1 Å². The van der Waals surface area contributed by atoms with Crippen LogP contribution >= 0.6 is 0 Å². The molecular formula is C19H27N3O4. The molecule has 2 aliphatic heterocycles. The second-order valence-corrected chi connectivity index (χ2v) is 8.02. The van der Waals surface area contributed by atoms with E-state index in [-0.39, 0.29) is 35.6 Å². The van der Waals surface area contributed by atoms with Crippen LogP contribution in [0.25, 0.3) is 0 Å². The first-order valence-electron chi connectivity index (χ1n) is 9.19. The largest absolute Gasteiger partial charge is 0.459 e. The Labute approximate surface area is 153 Å². The van der Waals surface area contributed by atoms with Gasteiger partial charge in [-0.15, -0.1) is 0 Å². The molecular weight excluding hydrogens is 334 g/mol. The summed E-state index contributed by atoms with van der Waals surface area (Å²) in [6.45, 7) is 8.63. The quantitative estimate of drug-likeness (QED) is 0.802. The van der Waals surface area contributed by atoms with Crippen LogP contribution in [0.4, 0.5) is 0 Å². The highest BCUT2D eigenvalue weighted by molar-refractivity contribution is 5.92. The van der Waals surface area contributed by atoms with Crippen LogP contribution in [0.15, 0.2) is 22.8 Å². The number of furan rings is 1. The van der Waals surface area contributed by atoms with E-state index in [1.165, 1.54) is 6.26 Å². The van der Waals surface area contributed by atoms with Crippen LogP contribution in [0, 0.1) is 5.92 Å². The SMILES string of the molecule is CC(C)(C)N1CC(C(=O)N2CCCN(C(=O)c3ccco3)CC2)CC1=O. The Balaban J connectivity index is 1.60. The van der Waals surface area contributed by atoms with E-state index in [9.17, 15) is 14.4 Å². The third-order valence-corrected chi connectivity index (χ3v) is 5.11. The van der Waals surface area contributed by atoms with Crippen LogP contribution in [0.5, 0.6) is 0 Å². The highest BCUT2D eigenvalue weighted by atomic mass is 16.3. The Morgan fingerprint density at radius 3 is 2.42 bits per heavy atom. The Bertz CT molecular complexity index is 677. The summed E-state index contributed by atoms with van der Waals surface area (Å²) in [6.07, 6.45) is 2.49. The molecule has 142 valence electrons. The third-order valence-electron chi connectivity index (χ3n) is 5.11. The molecule has 3 heterocycles. The zero-order valence-corrected chi connectivity index (χ0v) is 15.7. The average Bonchev–Trinajstić information content (AvgIpc) is 3.17. The molecule has 0 saturated carbocycles. The second kappa shape index (κ2) is 7.13. The van der Waals surface area contributed by atoms with Gasteiger partial charge < -0.3 is 19.1 Å². The zero-order chi connectivity index (χ0) is 18.9. The maximum atomic E-state index is 12.9. The van der Waals surface area contributed by atoms with Gasteiger partial charge in [-0.2, -0.15) is 0 Å². The van der Waals surface area contributed by atoms with Gasteiger partial charge in [0.2, 0.25) is 11.8 Å². The molecule has 2 aliphatic rings. The molecule has 26 heavy (non-hydrogen) atoms. The minimum absolute atomic E-state index is 0.0254. The van der Waals surface area contributed by atoms with E-state index in [1.807, 2.05) is 20.8 Å². The molecule has 2 fully saturated rings. The highest BCUT2D eigenvalue weighted by Gasteiger charge is 2.41. The summed E-state index contributed by atoms with van der Waals surface area (Å²) in [5.74, 6) is -0.0296. The van der Waals surface area contributed by atoms with Gasteiger partial charge in [-0.25, -0.2) is 0 Å². The van der Waals surface area contributed by atoms with Crippen molar-refractivity contribution >= 4 is 17.7 Å². The fourth-order valence-electron chi connectivity index (χ4n) is 3.68. The first-order valence-corrected chi connectivity index (χ1v) is 9.19. The van der Waals surface area contributed by atoms with E-state index in [0.717, 1.165) is 6.42 Å². The van der Waals surface area contributed by atoms with E-state index >= 15 is 0 Å². The molecule has 3 rings (SSSR count). The number of hydrogen-bond acceptors (Lipinski definition) is 4. The molecule has 0 aromatic carbocycles. The first kappa shape index (κ1) is 18.5. The first-order chi connectivity index (χ1) is 12.3. The van der Waals surface area contributed by atoms with Crippen molar-refractivity contribution in [3.63, 3.8) is 0 Å². The highest BCUT2D eigenvalue weighted by Crippen LogP contribution is 2.27. The summed E-state index contributed by atoms with van der Waals surface area (Å²) in [5, 5.41) is 0. The third kappa shape index (κ3) is 3.76. The van der Waals surface area contributed by atoms with E-state index < -0.39 is 0 Å². The number of likely N-dealkylation sites (tertiary alicyclic amines) is 1. The maximum Gasteiger partial charge on any atom is 0.289 e. The predicted molar refractivity (Wildman–Crippen MR) is 95.4 cm³/mol. The Morgan fingerprint density at radius 1 is 1.12 bits per heavy atom. The number of rotatable bonds is 2. The molecule has 7 heteroatoms. The molecule has 0 bridgehead atoms. The van der Waals surface area contributed by atoms with E-state index in [1.54, 1.807) is 26.8 Å². The molecule has 3 amide bonds. The van der Waals surface area contributed by atoms with Crippen molar-refractivity contribution in [2.24, 2.45) is 5.92 Å². The fourth-order valence-corrected chi connectivity index (χ4v) is 3.68. The summed E-state index contributed by atoms with van der Waals surface area (Å²) >= 11 is 0. The van der Waals surface area contributed by atoms with Gasteiger partial charge in [-0.05, 0) is 39.3 Å². The smallest absolute Gasteiger partial charge is 0.289 e. The average molecular weight is 361 g/mol. The van der Waals surface area contributed by atoms with Crippen molar-refractivity contribution in [3.05, 3.63) is 24.2 Å². The van der Waals surface area contributed by atoms with Crippen molar-refractivity contribution in [1.82, 2.24) is 14.7 Å². The van der Waals surface area contributed by atoms with E-state index in [4.69, 9.17) is 4.42 Å². The van der Waals surface area contributed by atoms with Crippen LogP contribution in [0.3, 0.4) is 0 Å². The lowest BCUT2D eigenvalue weighted by Crippen LogP contribution is -2.44. The Hall–Kier alpha value is -2.31. The lowest BCUT2D eigenvalue weighted by Gasteiger charge is -2.32. The number of carbonyl (C=O) groups is 3. The minimum atomic E-state index is -0.283. The Morgan fingerprint density at radius 2 is 1.81 bits per heavy atom. The van der Waals surface area contributed by atoms with Crippen molar-refractivity contribution in [3.8, 4) is 0 Å². The summed E-state index contributed by atoms with van der Waals surface area (Å²) in [4.78, 5) is 42.9. The van der Waals surface area contributed by atoms with Crippen LogP contribution in [0.1, 0.15) is 44.2 Å². The molecule has 1 aromatic heterocycles. The van der Waals surface area contributed by atoms with Gasteiger partial charge in [-0.1, -0.05) is 0 Å². The molecule has 0 N–H and O–H groups in total. The van der Waals surface area contributed by atoms with Crippen LogP contribution in [-0.4, -0.2) is 70.7 Å². The number of hydrogen-bond donors (Lipinski definition) is 0. The summed E-state index contributed by atoms with van der Waals surface area (Å²) in [5.41, 5.74) is -0.267. The monoisotopic (exact) mass is 361 g/mol. The van der Waals surface area contributed by atoms with Gasteiger partial charge >= 0.3 is 0 Å². The van der Waals surface area contributed by atoms with E-state index in [0.29, 0.717) is 38.5 Å². The van der Waals surface area contributed by atoms with Crippen molar-refractivity contribution in [2.75, 3.05) is 32.7 Å². The summed E-state index contributed by atoms with van der Waals surface area (Å²) in [7, 11) is 0. The lowest BCUT2D eigenvalue weighted by atomic mass is 10.1. The summed E-state index contributed by atoms with van der Waals surface area (Å²) < 4.78 is 5.19.